The molecule has 0 fully saturated rings. The first-order valence-electron chi connectivity index (χ1n) is 4.37. The third kappa shape index (κ3) is 1.26. The Labute approximate surface area is 77.6 Å². The number of aromatic hydroxyl groups is 1. The number of fused-ring (bicyclic) bond motifs is 1. The minimum absolute atomic E-state index is 0.404. The molecule has 66 valence electrons. The van der Waals surface area contributed by atoms with Gasteiger partial charge in [0.1, 0.15) is 5.75 Å². The molecular formula is C12H12O. The van der Waals surface area contributed by atoms with Crippen LogP contribution in [0.15, 0.2) is 30.3 Å². The van der Waals surface area contributed by atoms with E-state index in [-0.39, 0.29) is 0 Å². The van der Waals surface area contributed by atoms with E-state index in [0.29, 0.717) is 5.75 Å². The average molecular weight is 172 g/mol. The van der Waals surface area contributed by atoms with Crippen molar-refractivity contribution in [2.75, 3.05) is 0 Å². The molecule has 0 radical (unpaired) electrons. The molecule has 0 heterocycles. The molecule has 0 atom stereocenters. The van der Waals surface area contributed by atoms with Gasteiger partial charge in [0.25, 0.3) is 0 Å². The van der Waals surface area contributed by atoms with E-state index < -0.39 is 0 Å². The molecule has 13 heavy (non-hydrogen) atoms. The highest BCUT2D eigenvalue weighted by Crippen LogP contribution is 2.28. The summed E-state index contributed by atoms with van der Waals surface area (Å²) in [6.45, 7) is 3.94. The SMILES string of the molecule is Cc1ccc2ccc(C)c(O)c2c1. The highest BCUT2D eigenvalue weighted by atomic mass is 16.3. The van der Waals surface area contributed by atoms with E-state index in [0.717, 1.165) is 16.3 Å². The number of phenols is 1. The molecule has 0 saturated heterocycles. The number of rotatable bonds is 0. The Hall–Kier alpha value is -1.50. The van der Waals surface area contributed by atoms with Crippen LogP contribution in [0.2, 0.25) is 0 Å². The maximum Gasteiger partial charge on any atom is 0.126 e. The molecule has 0 spiro atoms. The summed E-state index contributed by atoms with van der Waals surface area (Å²) in [4.78, 5) is 0. The van der Waals surface area contributed by atoms with Crippen LogP contribution in [0.3, 0.4) is 0 Å². The third-order valence-electron chi connectivity index (χ3n) is 2.35. The molecule has 0 aromatic heterocycles. The van der Waals surface area contributed by atoms with Crippen molar-refractivity contribution in [3.05, 3.63) is 41.5 Å². The van der Waals surface area contributed by atoms with Gasteiger partial charge >= 0.3 is 0 Å². The van der Waals surface area contributed by atoms with E-state index in [9.17, 15) is 5.11 Å². The van der Waals surface area contributed by atoms with E-state index >= 15 is 0 Å². The van der Waals surface area contributed by atoms with Crippen molar-refractivity contribution in [2.24, 2.45) is 0 Å². The number of hydrogen-bond donors (Lipinski definition) is 1. The Balaban J connectivity index is 2.89. The Kier molecular flexibility index (Phi) is 1.73. The van der Waals surface area contributed by atoms with Crippen LogP contribution < -0.4 is 0 Å². The lowest BCUT2D eigenvalue weighted by molar-refractivity contribution is 0.477. The fraction of sp³-hybridized carbons (Fsp3) is 0.167. The fourth-order valence-corrected chi connectivity index (χ4v) is 1.53. The van der Waals surface area contributed by atoms with Crippen LogP contribution >= 0.6 is 0 Å². The first-order chi connectivity index (χ1) is 6.18. The predicted molar refractivity (Wildman–Crippen MR) is 55.1 cm³/mol. The highest BCUT2D eigenvalue weighted by molar-refractivity contribution is 5.89. The summed E-state index contributed by atoms with van der Waals surface area (Å²) in [7, 11) is 0. The van der Waals surface area contributed by atoms with Gasteiger partial charge in [-0.3, -0.25) is 0 Å². The Morgan fingerprint density at radius 1 is 1.00 bits per heavy atom. The topological polar surface area (TPSA) is 20.2 Å². The first-order valence-corrected chi connectivity index (χ1v) is 4.37. The Bertz CT molecular complexity index is 453. The van der Waals surface area contributed by atoms with Crippen molar-refractivity contribution >= 4 is 10.8 Å². The molecule has 1 N–H and O–H groups in total. The molecule has 1 nitrogen and oxygen atoms in total. The van der Waals surface area contributed by atoms with E-state index in [1.54, 1.807) is 0 Å². The summed E-state index contributed by atoms with van der Waals surface area (Å²) in [6, 6.07) is 10.1. The van der Waals surface area contributed by atoms with Crippen LogP contribution in [0.4, 0.5) is 0 Å². The minimum atomic E-state index is 0.404. The van der Waals surface area contributed by atoms with Crippen molar-refractivity contribution in [3.8, 4) is 5.75 Å². The van der Waals surface area contributed by atoms with Crippen LogP contribution in [-0.4, -0.2) is 5.11 Å². The van der Waals surface area contributed by atoms with Gasteiger partial charge in [-0.1, -0.05) is 29.8 Å². The van der Waals surface area contributed by atoms with Crippen molar-refractivity contribution in [3.63, 3.8) is 0 Å². The van der Waals surface area contributed by atoms with E-state index in [1.807, 2.05) is 38.1 Å². The van der Waals surface area contributed by atoms with Gasteiger partial charge in [-0.05, 0) is 30.9 Å². The number of phenolic OH excluding ortho intramolecular Hbond substituents is 1. The molecule has 0 aliphatic rings. The van der Waals surface area contributed by atoms with Gasteiger partial charge in [0, 0.05) is 5.39 Å². The molecule has 0 aliphatic carbocycles. The van der Waals surface area contributed by atoms with E-state index in [2.05, 4.69) is 6.07 Å². The van der Waals surface area contributed by atoms with Gasteiger partial charge in [-0.15, -0.1) is 0 Å². The monoisotopic (exact) mass is 172 g/mol. The maximum atomic E-state index is 9.78. The molecule has 0 saturated carbocycles. The summed E-state index contributed by atoms with van der Waals surface area (Å²) < 4.78 is 0. The average Bonchev–Trinajstić information content (AvgIpc) is 2.12. The predicted octanol–water partition coefficient (Wildman–Crippen LogP) is 3.16. The molecule has 0 aliphatic heterocycles. The Morgan fingerprint density at radius 3 is 2.46 bits per heavy atom. The van der Waals surface area contributed by atoms with Gasteiger partial charge in [-0.25, -0.2) is 0 Å². The maximum absolute atomic E-state index is 9.78. The molecule has 2 rings (SSSR count). The van der Waals surface area contributed by atoms with Crippen molar-refractivity contribution in [1.82, 2.24) is 0 Å². The standard InChI is InChI=1S/C12H12O/c1-8-3-5-10-6-4-9(2)12(13)11(10)7-8/h3-7,13H,1-2H3. The van der Waals surface area contributed by atoms with Crippen LogP contribution in [-0.2, 0) is 0 Å². The summed E-state index contributed by atoms with van der Waals surface area (Å²) >= 11 is 0. The van der Waals surface area contributed by atoms with Gasteiger partial charge < -0.3 is 5.11 Å². The zero-order chi connectivity index (χ0) is 9.42. The number of benzene rings is 2. The zero-order valence-electron chi connectivity index (χ0n) is 7.83. The molecule has 2 aromatic rings. The van der Waals surface area contributed by atoms with E-state index in [1.165, 1.54) is 5.56 Å². The lowest BCUT2D eigenvalue weighted by Gasteiger charge is -2.04. The normalized spacial score (nSPS) is 10.6. The van der Waals surface area contributed by atoms with Crippen LogP contribution in [0.5, 0.6) is 5.75 Å². The van der Waals surface area contributed by atoms with Gasteiger partial charge in [0.05, 0.1) is 0 Å². The summed E-state index contributed by atoms with van der Waals surface area (Å²) in [5.74, 6) is 0.404. The molecule has 0 amide bonds. The molecular weight excluding hydrogens is 160 g/mol. The summed E-state index contributed by atoms with van der Waals surface area (Å²) in [5.41, 5.74) is 2.10. The largest absolute Gasteiger partial charge is 0.507 e. The second-order valence-corrected chi connectivity index (χ2v) is 3.46. The third-order valence-corrected chi connectivity index (χ3v) is 2.35. The lowest BCUT2D eigenvalue weighted by Crippen LogP contribution is -1.79. The molecule has 0 bridgehead atoms. The lowest BCUT2D eigenvalue weighted by atomic mass is 10.0. The highest BCUT2D eigenvalue weighted by Gasteiger charge is 2.01. The summed E-state index contributed by atoms with van der Waals surface area (Å²) in [5, 5.41) is 11.8. The van der Waals surface area contributed by atoms with Gasteiger partial charge in [0.2, 0.25) is 0 Å². The number of aryl methyl sites for hydroxylation is 2. The summed E-state index contributed by atoms with van der Waals surface area (Å²) in [6.07, 6.45) is 0. The quantitative estimate of drug-likeness (QED) is 0.647. The second kappa shape index (κ2) is 2.77. The van der Waals surface area contributed by atoms with Gasteiger partial charge in [-0.2, -0.15) is 0 Å². The van der Waals surface area contributed by atoms with Crippen LogP contribution in [0, 0.1) is 13.8 Å². The van der Waals surface area contributed by atoms with E-state index in [4.69, 9.17) is 0 Å². The Morgan fingerprint density at radius 2 is 1.69 bits per heavy atom. The number of hydrogen-bond acceptors (Lipinski definition) is 1. The molecule has 1 heteroatoms. The van der Waals surface area contributed by atoms with Crippen LogP contribution in [0.25, 0.3) is 10.8 Å². The molecule has 0 unspecified atom stereocenters. The van der Waals surface area contributed by atoms with Crippen molar-refractivity contribution in [1.29, 1.82) is 0 Å². The zero-order valence-corrected chi connectivity index (χ0v) is 7.83. The minimum Gasteiger partial charge on any atom is -0.507 e. The van der Waals surface area contributed by atoms with Crippen LogP contribution in [0.1, 0.15) is 11.1 Å². The van der Waals surface area contributed by atoms with Crippen molar-refractivity contribution in [2.45, 2.75) is 13.8 Å². The second-order valence-electron chi connectivity index (χ2n) is 3.46. The fourth-order valence-electron chi connectivity index (χ4n) is 1.53. The molecule has 2 aromatic carbocycles. The van der Waals surface area contributed by atoms with Gasteiger partial charge in [0.15, 0.2) is 0 Å². The first kappa shape index (κ1) is 8.11. The smallest absolute Gasteiger partial charge is 0.126 e. The van der Waals surface area contributed by atoms with Crippen molar-refractivity contribution < 1.29 is 5.11 Å².